The second-order valence-electron chi connectivity index (χ2n) is 6.19. The number of carbonyl (C=O) groups excluding carboxylic acids is 1. The summed E-state index contributed by atoms with van der Waals surface area (Å²) in [7, 11) is 4.47. The molecule has 0 fully saturated rings. The molecule has 0 unspecified atom stereocenters. The van der Waals surface area contributed by atoms with Gasteiger partial charge in [-0.2, -0.15) is 0 Å². The van der Waals surface area contributed by atoms with Gasteiger partial charge in [0, 0.05) is 18.5 Å². The Morgan fingerprint density at radius 2 is 1.57 bits per heavy atom. The molecule has 2 aromatic carbocycles. The molecule has 0 radical (unpaired) electrons. The van der Waals surface area contributed by atoms with Gasteiger partial charge in [0.2, 0.25) is 5.91 Å². The molecule has 9 heteroatoms. The maximum Gasteiger partial charge on any atom is 0.320 e. The van der Waals surface area contributed by atoms with E-state index >= 15 is 0 Å². The van der Waals surface area contributed by atoms with Gasteiger partial charge < -0.3 is 19.5 Å². The van der Waals surface area contributed by atoms with Crippen LogP contribution >= 0.6 is 0 Å². The van der Waals surface area contributed by atoms with E-state index in [1.807, 2.05) is 0 Å². The van der Waals surface area contributed by atoms with Crippen LogP contribution < -0.4 is 30.6 Å². The van der Waals surface area contributed by atoms with Crippen molar-refractivity contribution >= 4 is 11.6 Å². The van der Waals surface area contributed by atoms with Crippen molar-refractivity contribution in [3.63, 3.8) is 0 Å². The summed E-state index contributed by atoms with van der Waals surface area (Å²) >= 11 is 0. The molecule has 0 saturated heterocycles. The second-order valence-corrected chi connectivity index (χ2v) is 6.19. The fourth-order valence-corrected chi connectivity index (χ4v) is 2.90. The standard InChI is InChI=1S/C21H21N3O6/c1-28-16-7-5-4-6-15(16)22-19(25)13-23-10-11-24(21(27)20(23)26)14-8-9-17(29-2)18(12-14)30-3/h4-12H,13H2,1-3H3,(H,22,25). The number of rotatable bonds is 7. The number of amides is 1. The van der Waals surface area contributed by atoms with Crippen LogP contribution in [0.15, 0.2) is 64.4 Å². The highest BCUT2D eigenvalue weighted by Crippen LogP contribution is 2.28. The van der Waals surface area contributed by atoms with Gasteiger partial charge in [-0.15, -0.1) is 0 Å². The first-order valence-corrected chi connectivity index (χ1v) is 8.96. The van der Waals surface area contributed by atoms with Crippen LogP contribution in [0.3, 0.4) is 0 Å². The van der Waals surface area contributed by atoms with E-state index in [0.717, 1.165) is 4.57 Å². The predicted octanol–water partition coefficient (Wildman–Crippen LogP) is 1.66. The van der Waals surface area contributed by atoms with Gasteiger partial charge in [-0.05, 0) is 24.3 Å². The first-order chi connectivity index (χ1) is 14.5. The van der Waals surface area contributed by atoms with E-state index in [9.17, 15) is 14.4 Å². The quantitative estimate of drug-likeness (QED) is 0.594. The molecule has 1 amide bonds. The van der Waals surface area contributed by atoms with E-state index < -0.39 is 17.0 Å². The Morgan fingerprint density at radius 1 is 0.867 bits per heavy atom. The summed E-state index contributed by atoms with van der Waals surface area (Å²) in [5.41, 5.74) is -0.727. The average molecular weight is 411 g/mol. The molecule has 0 saturated carbocycles. The minimum Gasteiger partial charge on any atom is -0.495 e. The summed E-state index contributed by atoms with van der Waals surface area (Å²) < 4.78 is 17.8. The van der Waals surface area contributed by atoms with Crippen LogP contribution in [0.1, 0.15) is 0 Å². The molecule has 0 bridgehead atoms. The van der Waals surface area contributed by atoms with Gasteiger partial charge in [-0.25, -0.2) is 0 Å². The summed E-state index contributed by atoms with van der Waals surface area (Å²) in [6, 6.07) is 11.7. The summed E-state index contributed by atoms with van der Waals surface area (Å²) in [4.78, 5) is 37.5. The zero-order valence-corrected chi connectivity index (χ0v) is 16.7. The Labute approximate surface area is 172 Å². The van der Waals surface area contributed by atoms with Crippen molar-refractivity contribution in [3.8, 4) is 22.9 Å². The lowest BCUT2D eigenvalue weighted by Crippen LogP contribution is -2.41. The molecular weight excluding hydrogens is 390 g/mol. The molecule has 30 heavy (non-hydrogen) atoms. The third-order valence-corrected chi connectivity index (χ3v) is 4.40. The smallest absolute Gasteiger partial charge is 0.320 e. The second kappa shape index (κ2) is 8.99. The van der Waals surface area contributed by atoms with E-state index in [0.29, 0.717) is 28.6 Å². The fraction of sp³-hybridized carbons (Fsp3) is 0.190. The topological polar surface area (TPSA) is 101 Å². The van der Waals surface area contributed by atoms with Crippen LogP contribution in [0.2, 0.25) is 0 Å². The normalized spacial score (nSPS) is 10.4. The largest absolute Gasteiger partial charge is 0.495 e. The van der Waals surface area contributed by atoms with E-state index in [1.165, 1.54) is 38.3 Å². The zero-order chi connectivity index (χ0) is 21.7. The first-order valence-electron chi connectivity index (χ1n) is 8.96. The van der Waals surface area contributed by atoms with Gasteiger partial charge in [0.1, 0.15) is 12.3 Å². The Hall–Kier alpha value is -4.01. The molecule has 3 aromatic rings. The minimum atomic E-state index is -0.831. The maximum atomic E-state index is 12.6. The molecule has 0 aliphatic heterocycles. The van der Waals surface area contributed by atoms with Crippen molar-refractivity contribution in [2.24, 2.45) is 0 Å². The number of hydrogen-bond acceptors (Lipinski definition) is 6. The number of ether oxygens (including phenoxy) is 3. The van der Waals surface area contributed by atoms with Crippen LogP contribution in [0, 0.1) is 0 Å². The van der Waals surface area contributed by atoms with Crippen molar-refractivity contribution < 1.29 is 19.0 Å². The van der Waals surface area contributed by atoms with Gasteiger partial charge in [0.15, 0.2) is 11.5 Å². The third kappa shape index (κ3) is 4.19. The number of carbonyl (C=O) groups is 1. The highest BCUT2D eigenvalue weighted by Gasteiger charge is 2.13. The van der Waals surface area contributed by atoms with Gasteiger partial charge in [0.05, 0.1) is 32.7 Å². The molecule has 3 rings (SSSR count). The van der Waals surface area contributed by atoms with Gasteiger partial charge in [0.25, 0.3) is 0 Å². The minimum absolute atomic E-state index is 0.321. The first kappa shape index (κ1) is 20.7. The Balaban J connectivity index is 1.86. The van der Waals surface area contributed by atoms with E-state index in [-0.39, 0.29) is 6.54 Å². The lowest BCUT2D eigenvalue weighted by Gasteiger charge is -2.13. The van der Waals surface area contributed by atoms with Crippen LogP contribution in [0.5, 0.6) is 17.2 Å². The van der Waals surface area contributed by atoms with Gasteiger partial charge >= 0.3 is 11.1 Å². The number of benzene rings is 2. The van der Waals surface area contributed by atoms with Crippen molar-refractivity contribution in [1.82, 2.24) is 9.13 Å². The molecule has 0 aliphatic rings. The Bertz CT molecular complexity index is 1180. The Kier molecular flexibility index (Phi) is 6.21. The highest BCUT2D eigenvalue weighted by atomic mass is 16.5. The van der Waals surface area contributed by atoms with Crippen LogP contribution in [0.4, 0.5) is 5.69 Å². The third-order valence-electron chi connectivity index (χ3n) is 4.40. The number of methoxy groups -OCH3 is 3. The van der Waals surface area contributed by atoms with Crippen molar-refractivity contribution in [3.05, 3.63) is 75.6 Å². The Morgan fingerprint density at radius 3 is 2.27 bits per heavy atom. The number of hydrogen-bond donors (Lipinski definition) is 1. The van der Waals surface area contributed by atoms with Crippen molar-refractivity contribution in [2.75, 3.05) is 26.6 Å². The zero-order valence-electron chi connectivity index (χ0n) is 16.7. The number of nitrogens with zero attached hydrogens (tertiary/aromatic N) is 2. The summed E-state index contributed by atoms with van der Waals surface area (Å²) in [6.45, 7) is -0.321. The number of aromatic nitrogens is 2. The predicted molar refractivity (Wildman–Crippen MR) is 111 cm³/mol. The highest BCUT2D eigenvalue weighted by molar-refractivity contribution is 5.92. The van der Waals surface area contributed by atoms with Crippen LogP contribution in [-0.4, -0.2) is 36.4 Å². The molecular formula is C21H21N3O6. The van der Waals surface area contributed by atoms with E-state index in [1.54, 1.807) is 42.5 Å². The van der Waals surface area contributed by atoms with Gasteiger partial charge in [-0.3, -0.25) is 23.5 Å². The monoisotopic (exact) mass is 411 g/mol. The van der Waals surface area contributed by atoms with E-state index in [4.69, 9.17) is 14.2 Å². The molecule has 156 valence electrons. The summed E-state index contributed by atoms with van der Waals surface area (Å²) in [5.74, 6) is 0.935. The molecule has 1 aromatic heterocycles. The van der Waals surface area contributed by atoms with Crippen molar-refractivity contribution in [2.45, 2.75) is 6.54 Å². The summed E-state index contributed by atoms with van der Waals surface area (Å²) in [5, 5.41) is 2.67. The molecule has 1 heterocycles. The number of nitrogens with one attached hydrogen (secondary N) is 1. The molecule has 1 N–H and O–H groups in total. The molecule has 9 nitrogen and oxygen atoms in total. The maximum absolute atomic E-state index is 12.6. The number of para-hydroxylation sites is 2. The summed E-state index contributed by atoms with van der Waals surface area (Å²) in [6.07, 6.45) is 2.80. The fourth-order valence-electron chi connectivity index (χ4n) is 2.90. The average Bonchev–Trinajstić information content (AvgIpc) is 2.77. The van der Waals surface area contributed by atoms with Crippen LogP contribution in [-0.2, 0) is 11.3 Å². The van der Waals surface area contributed by atoms with Crippen LogP contribution in [0.25, 0.3) is 5.69 Å². The van der Waals surface area contributed by atoms with Crippen molar-refractivity contribution in [1.29, 1.82) is 0 Å². The SMILES string of the molecule is COc1ccccc1NC(=O)Cn1ccn(-c2ccc(OC)c(OC)c2)c(=O)c1=O. The molecule has 0 atom stereocenters. The van der Waals surface area contributed by atoms with Gasteiger partial charge in [-0.1, -0.05) is 12.1 Å². The molecule has 0 aliphatic carbocycles. The molecule has 0 spiro atoms. The lowest BCUT2D eigenvalue weighted by molar-refractivity contribution is -0.116. The number of anilines is 1. The van der Waals surface area contributed by atoms with E-state index in [2.05, 4.69) is 5.32 Å². The lowest BCUT2D eigenvalue weighted by atomic mass is 10.2.